The molecule has 0 radical (unpaired) electrons. The Morgan fingerprint density at radius 1 is 1.29 bits per heavy atom. The van der Waals surface area contributed by atoms with Crippen molar-refractivity contribution in [1.29, 1.82) is 0 Å². The molecule has 0 aliphatic heterocycles. The highest BCUT2D eigenvalue weighted by atomic mass is 32.2. The molecule has 0 bridgehead atoms. The van der Waals surface area contributed by atoms with Gasteiger partial charge in [-0.05, 0) is 36.8 Å². The molecule has 0 fully saturated rings. The average molecular weight is 309 g/mol. The van der Waals surface area contributed by atoms with E-state index in [-0.39, 0.29) is 11.3 Å². The van der Waals surface area contributed by atoms with Crippen LogP contribution in [0.15, 0.2) is 52.0 Å². The van der Waals surface area contributed by atoms with Crippen LogP contribution in [0.3, 0.4) is 0 Å². The van der Waals surface area contributed by atoms with E-state index in [1.165, 1.54) is 30.5 Å². The fourth-order valence-electron chi connectivity index (χ4n) is 1.86. The molecule has 2 aromatic rings. The Morgan fingerprint density at radius 2 is 1.95 bits per heavy atom. The molecule has 1 atom stereocenters. The number of hydrogen-bond donors (Lipinski definition) is 2. The van der Waals surface area contributed by atoms with Crippen molar-refractivity contribution in [2.24, 2.45) is 0 Å². The van der Waals surface area contributed by atoms with Gasteiger partial charge in [-0.15, -0.1) is 0 Å². The molecule has 0 saturated carbocycles. The van der Waals surface area contributed by atoms with E-state index in [1.807, 2.05) is 0 Å². The van der Waals surface area contributed by atoms with Crippen molar-refractivity contribution in [2.75, 3.05) is 0 Å². The molecule has 2 N–H and O–H groups in total. The number of sulfonamides is 1. The molecular formula is C14H15NO5S. The Morgan fingerprint density at radius 3 is 2.48 bits per heavy atom. The molecule has 1 unspecified atom stereocenters. The molecule has 112 valence electrons. The van der Waals surface area contributed by atoms with E-state index >= 15 is 0 Å². The number of nitrogens with one attached hydrogen (secondary N) is 1. The molecule has 6 nitrogen and oxygen atoms in total. The lowest BCUT2D eigenvalue weighted by atomic mass is 10.2. The molecule has 2 rings (SSSR count). The molecule has 21 heavy (non-hydrogen) atoms. The highest BCUT2D eigenvalue weighted by Gasteiger charge is 2.19. The second kappa shape index (κ2) is 6.11. The van der Waals surface area contributed by atoms with Crippen molar-refractivity contribution >= 4 is 16.0 Å². The van der Waals surface area contributed by atoms with Gasteiger partial charge in [-0.25, -0.2) is 13.1 Å². The van der Waals surface area contributed by atoms with Crippen molar-refractivity contribution < 1.29 is 22.7 Å². The summed E-state index contributed by atoms with van der Waals surface area (Å²) in [7, 11) is -3.69. The zero-order valence-corrected chi connectivity index (χ0v) is 12.1. The Bertz CT molecular complexity index is 704. The minimum Gasteiger partial charge on any atom is -0.481 e. The van der Waals surface area contributed by atoms with Crippen LogP contribution >= 0.6 is 0 Å². The summed E-state index contributed by atoms with van der Waals surface area (Å²) in [5.41, 5.74) is 0.542. The van der Waals surface area contributed by atoms with Crippen molar-refractivity contribution in [1.82, 2.24) is 4.72 Å². The first-order valence-electron chi connectivity index (χ1n) is 6.25. The molecule has 0 aliphatic carbocycles. The number of carboxylic acid groups (broad SMARTS) is 1. The lowest BCUT2D eigenvalue weighted by Crippen LogP contribution is -2.26. The summed E-state index contributed by atoms with van der Waals surface area (Å²) in [5.74, 6) is -0.448. The number of furan rings is 1. The van der Waals surface area contributed by atoms with E-state index in [1.54, 1.807) is 19.1 Å². The van der Waals surface area contributed by atoms with Gasteiger partial charge in [0, 0.05) is 0 Å². The summed E-state index contributed by atoms with van der Waals surface area (Å²) in [5, 5.41) is 8.68. The van der Waals surface area contributed by atoms with Gasteiger partial charge in [0.05, 0.1) is 23.6 Å². The van der Waals surface area contributed by atoms with E-state index < -0.39 is 22.0 Å². The van der Waals surface area contributed by atoms with Crippen LogP contribution in [0.2, 0.25) is 0 Å². The summed E-state index contributed by atoms with van der Waals surface area (Å²) < 4.78 is 32.0. The predicted molar refractivity (Wildman–Crippen MR) is 75.2 cm³/mol. The van der Waals surface area contributed by atoms with Crippen LogP contribution in [0.1, 0.15) is 24.3 Å². The van der Waals surface area contributed by atoms with Gasteiger partial charge in [0.15, 0.2) is 0 Å². The maximum Gasteiger partial charge on any atom is 0.307 e. The van der Waals surface area contributed by atoms with Crippen molar-refractivity contribution in [3.05, 3.63) is 54.0 Å². The second-order valence-corrected chi connectivity index (χ2v) is 6.29. The third kappa shape index (κ3) is 3.93. The maximum atomic E-state index is 12.2. The zero-order chi connectivity index (χ0) is 15.5. The van der Waals surface area contributed by atoms with Crippen LogP contribution in [0.25, 0.3) is 0 Å². The largest absolute Gasteiger partial charge is 0.481 e. The number of hydrogen-bond acceptors (Lipinski definition) is 4. The number of rotatable bonds is 6. The Labute approximate surface area is 122 Å². The van der Waals surface area contributed by atoms with E-state index in [4.69, 9.17) is 9.52 Å². The fraction of sp³-hybridized carbons (Fsp3) is 0.214. The molecule has 0 amide bonds. The first-order valence-corrected chi connectivity index (χ1v) is 7.73. The quantitative estimate of drug-likeness (QED) is 0.850. The van der Waals surface area contributed by atoms with E-state index in [2.05, 4.69) is 4.72 Å². The summed E-state index contributed by atoms with van der Waals surface area (Å²) in [6, 6.07) is 8.61. The van der Waals surface area contributed by atoms with Gasteiger partial charge >= 0.3 is 5.97 Å². The fourth-order valence-corrected chi connectivity index (χ4v) is 3.07. The van der Waals surface area contributed by atoms with Crippen LogP contribution in [-0.2, 0) is 21.2 Å². The first-order chi connectivity index (χ1) is 9.88. The maximum absolute atomic E-state index is 12.2. The molecule has 1 aromatic carbocycles. The monoisotopic (exact) mass is 309 g/mol. The van der Waals surface area contributed by atoms with Gasteiger partial charge in [-0.1, -0.05) is 12.1 Å². The van der Waals surface area contributed by atoms with Crippen molar-refractivity contribution in [2.45, 2.75) is 24.3 Å². The number of aliphatic carboxylic acids is 1. The van der Waals surface area contributed by atoms with Gasteiger partial charge in [0.2, 0.25) is 10.0 Å². The molecular weight excluding hydrogens is 294 g/mol. The molecule has 7 heteroatoms. The average Bonchev–Trinajstić information content (AvgIpc) is 2.92. The van der Waals surface area contributed by atoms with Gasteiger partial charge in [0.25, 0.3) is 0 Å². The molecule has 0 saturated heterocycles. The van der Waals surface area contributed by atoms with Crippen molar-refractivity contribution in [3.63, 3.8) is 0 Å². The summed E-state index contributed by atoms with van der Waals surface area (Å²) in [4.78, 5) is 10.7. The Balaban J connectivity index is 2.14. The number of benzene rings is 1. The zero-order valence-electron chi connectivity index (χ0n) is 11.3. The topological polar surface area (TPSA) is 96.6 Å². The van der Waals surface area contributed by atoms with Crippen LogP contribution < -0.4 is 4.72 Å². The standard InChI is InChI=1S/C14H15NO5S/c1-10(13-3-2-8-20-13)15-21(18,19)12-6-4-11(5-7-12)9-14(16)17/h2-8,10,15H,9H2,1H3,(H,16,17). The van der Waals surface area contributed by atoms with Crippen LogP contribution in [0.4, 0.5) is 0 Å². The molecule has 1 heterocycles. The Hall–Kier alpha value is -2.12. The molecule has 1 aromatic heterocycles. The minimum atomic E-state index is -3.69. The third-order valence-corrected chi connectivity index (χ3v) is 4.45. The van der Waals surface area contributed by atoms with Crippen LogP contribution in [0, 0.1) is 0 Å². The predicted octanol–water partition coefficient (Wildman–Crippen LogP) is 1.95. The van der Waals surface area contributed by atoms with Gasteiger partial charge < -0.3 is 9.52 Å². The van der Waals surface area contributed by atoms with Gasteiger partial charge in [-0.2, -0.15) is 0 Å². The van der Waals surface area contributed by atoms with E-state index in [0.29, 0.717) is 11.3 Å². The minimum absolute atomic E-state index is 0.0787. The SMILES string of the molecule is CC(NS(=O)(=O)c1ccc(CC(=O)O)cc1)c1ccco1. The Kier molecular flexibility index (Phi) is 4.44. The highest BCUT2D eigenvalue weighted by Crippen LogP contribution is 2.17. The van der Waals surface area contributed by atoms with Crippen LogP contribution in [-0.4, -0.2) is 19.5 Å². The summed E-state index contributed by atoms with van der Waals surface area (Å²) >= 11 is 0. The lowest BCUT2D eigenvalue weighted by molar-refractivity contribution is -0.136. The van der Waals surface area contributed by atoms with Gasteiger partial charge in [0.1, 0.15) is 5.76 Å². The van der Waals surface area contributed by atoms with Crippen LogP contribution in [0.5, 0.6) is 0 Å². The molecule has 0 spiro atoms. The molecule has 0 aliphatic rings. The summed E-state index contributed by atoms with van der Waals surface area (Å²) in [6.45, 7) is 1.68. The smallest absolute Gasteiger partial charge is 0.307 e. The second-order valence-electron chi connectivity index (χ2n) is 4.57. The summed E-state index contributed by atoms with van der Waals surface area (Å²) in [6.07, 6.45) is 1.33. The first kappa shape index (κ1) is 15.3. The third-order valence-electron chi connectivity index (χ3n) is 2.89. The lowest BCUT2D eigenvalue weighted by Gasteiger charge is -2.12. The van der Waals surface area contributed by atoms with E-state index in [0.717, 1.165) is 0 Å². The number of carboxylic acids is 1. The normalized spacial score (nSPS) is 13.0. The highest BCUT2D eigenvalue weighted by molar-refractivity contribution is 7.89. The van der Waals surface area contributed by atoms with Gasteiger partial charge in [-0.3, -0.25) is 4.79 Å². The van der Waals surface area contributed by atoms with E-state index in [9.17, 15) is 13.2 Å². The number of carbonyl (C=O) groups is 1. The van der Waals surface area contributed by atoms with Crippen molar-refractivity contribution in [3.8, 4) is 0 Å².